The van der Waals surface area contributed by atoms with Gasteiger partial charge in [0.15, 0.2) is 5.16 Å². The summed E-state index contributed by atoms with van der Waals surface area (Å²) < 4.78 is 0. The van der Waals surface area contributed by atoms with Crippen LogP contribution in [0.4, 0.5) is 11.6 Å². The van der Waals surface area contributed by atoms with Crippen LogP contribution in [0.3, 0.4) is 0 Å². The molecule has 0 unspecified atom stereocenters. The average molecular weight is 290 g/mol. The smallest absolute Gasteiger partial charge is 0.197 e. The van der Waals surface area contributed by atoms with Crippen molar-refractivity contribution in [2.75, 3.05) is 18.0 Å². The van der Waals surface area contributed by atoms with E-state index in [1.807, 2.05) is 12.1 Å². The fraction of sp³-hybridized carbons (Fsp3) is 0.308. The maximum atomic E-state index is 5.67. The molecule has 0 aliphatic rings. The Morgan fingerprint density at radius 2 is 2.00 bits per heavy atom. The molecule has 2 rings (SSSR count). The molecular weight excluding hydrogens is 272 g/mol. The van der Waals surface area contributed by atoms with Gasteiger partial charge in [0.05, 0.1) is 0 Å². The monoisotopic (exact) mass is 290 g/mol. The number of nitrogens with two attached hydrogens (primary N) is 2. The first kappa shape index (κ1) is 14.5. The number of nitrogens with zero attached hydrogens (tertiary/aromatic N) is 3. The summed E-state index contributed by atoms with van der Waals surface area (Å²) in [4.78, 5) is 12.7. The first-order valence-electron chi connectivity index (χ1n) is 6.41. The van der Waals surface area contributed by atoms with Crippen LogP contribution in [0.1, 0.15) is 18.9 Å². The van der Waals surface area contributed by atoms with Gasteiger partial charge in [-0.1, -0.05) is 13.0 Å². The number of hydrogen-bond acceptors (Lipinski definition) is 7. The summed E-state index contributed by atoms with van der Waals surface area (Å²) in [6.45, 7) is 3.87. The van der Waals surface area contributed by atoms with Crippen LogP contribution in [0.15, 0.2) is 34.6 Å². The molecule has 0 aromatic carbocycles. The van der Waals surface area contributed by atoms with Gasteiger partial charge >= 0.3 is 0 Å². The lowest BCUT2D eigenvalue weighted by atomic mass is 10.3. The fourth-order valence-electron chi connectivity index (χ4n) is 1.64. The first-order valence-corrected chi connectivity index (χ1v) is 7.23. The molecule has 7 heteroatoms. The summed E-state index contributed by atoms with van der Waals surface area (Å²) in [7, 11) is 0. The van der Waals surface area contributed by atoms with Gasteiger partial charge in [0.1, 0.15) is 16.7 Å². The highest BCUT2D eigenvalue weighted by Gasteiger charge is 2.08. The molecule has 6 nitrogen and oxygen atoms in total. The van der Waals surface area contributed by atoms with Crippen molar-refractivity contribution in [2.45, 2.75) is 30.1 Å². The Labute approximate surface area is 122 Å². The minimum Gasteiger partial charge on any atom is -0.383 e. The maximum absolute atomic E-state index is 5.67. The molecule has 0 atom stereocenters. The highest BCUT2D eigenvalue weighted by atomic mass is 32.2. The standard InChI is InChI=1S/C13H18N6S/c1-2-5-16-8-9-4-3-6-17-12(9)20-13-18-10(14)7-11(15)19-13/h3-4,6-7,16H,2,5,8H2,1H3,(H4,14,15,18,19). The third kappa shape index (κ3) is 4.07. The lowest BCUT2D eigenvalue weighted by Crippen LogP contribution is -2.14. The van der Waals surface area contributed by atoms with Gasteiger partial charge in [-0.3, -0.25) is 0 Å². The number of nitrogens with one attached hydrogen (secondary N) is 1. The normalized spacial score (nSPS) is 10.7. The van der Waals surface area contributed by atoms with Gasteiger partial charge in [-0.25, -0.2) is 15.0 Å². The van der Waals surface area contributed by atoms with Crippen molar-refractivity contribution in [3.63, 3.8) is 0 Å². The molecule has 5 N–H and O–H groups in total. The number of rotatable bonds is 6. The Morgan fingerprint density at radius 3 is 2.70 bits per heavy atom. The molecule has 0 saturated carbocycles. The van der Waals surface area contributed by atoms with E-state index in [4.69, 9.17) is 11.5 Å². The molecule has 0 fully saturated rings. The summed E-state index contributed by atoms with van der Waals surface area (Å²) in [5, 5.41) is 4.73. The molecule has 0 amide bonds. The van der Waals surface area contributed by atoms with Gasteiger partial charge < -0.3 is 16.8 Å². The first-order chi connectivity index (χ1) is 9.69. The van der Waals surface area contributed by atoms with Crippen molar-refractivity contribution in [3.8, 4) is 0 Å². The largest absolute Gasteiger partial charge is 0.383 e. The predicted molar refractivity (Wildman–Crippen MR) is 81.2 cm³/mol. The van der Waals surface area contributed by atoms with E-state index >= 15 is 0 Å². The summed E-state index contributed by atoms with van der Waals surface area (Å²) >= 11 is 1.37. The quantitative estimate of drug-likeness (QED) is 0.549. The summed E-state index contributed by atoms with van der Waals surface area (Å²) in [6, 6.07) is 5.49. The van der Waals surface area contributed by atoms with Crippen molar-refractivity contribution in [2.24, 2.45) is 0 Å². The Hall–Kier alpha value is -1.86. The topological polar surface area (TPSA) is 103 Å². The van der Waals surface area contributed by atoms with Crippen molar-refractivity contribution >= 4 is 23.4 Å². The number of hydrogen-bond donors (Lipinski definition) is 3. The van der Waals surface area contributed by atoms with E-state index < -0.39 is 0 Å². The lowest BCUT2D eigenvalue weighted by molar-refractivity contribution is 0.665. The maximum Gasteiger partial charge on any atom is 0.197 e. The van der Waals surface area contributed by atoms with Gasteiger partial charge in [0.2, 0.25) is 0 Å². The second-order valence-corrected chi connectivity index (χ2v) is 5.20. The number of nitrogen functional groups attached to an aromatic ring is 2. The van der Waals surface area contributed by atoms with Crippen molar-refractivity contribution < 1.29 is 0 Å². The van der Waals surface area contributed by atoms with E-state index in [1.165, 1.54) is 17.8 Å². The summed E-state index contributed by atoms with van der Waals surface area (Å²) in [6.07, 6.45) is 2.85. The summed E-state index contributed by atoms with van der Waals surface area (Å²) in [5.74, 6) is 0.725. The molecule has 20 heavy (non-hydrogen) atoms. The average Bonchev–Trinajstić information content (AvgIpc) is 2.40. The molecule has 0 aliphatic heterocycles. The van der Waals surface area contributed by atoms with Gasteiger partial charge in [0, 0.05) is 18.8 Å². The zero-order chi connectivity index (χ0) is 14.4. The molecule has 0 bridgehead atoms. The third-order valence-electron chi connectivity index (χ3n) is 2.53. The van der Waals surface area contributed by atoms with Gasteiger partial charge in [-0.2, -0.15) is 0 Å². The predicted octanol–water partition coefficient (Wildman–Crippen LogP) is 1.69. The van der Waals surface area contributed by atoms with Crippen molar-refractivity contribution in [1.82, 2.24) is 20.3 Å². The van der Waals surface area contributed by atoms with Crippen LogP contribution in [-0.2, 0) is 6.54 Å². The molecule has 2 heterocycles. The minimum atomic E-state index is 0.363. The van der Waals surface area contributed by atoms with Gasteiger partial charge in [0.25, 0.3) is 0 Å². The zero-order valence-electron chi connectivity index (χ0n) is 11.3. The van der Waals surface area contributed by atoms with Crippen LogP contribution in [-0.4, -0.2) is 21.5 Å². The van der Waals surface area contributed by atoms with Crippen LogP contribution in [0.5, 0.6) is 0 Å². The van der Waals surface area contributed by atoms with Crippen LogP contribution in [0.2, 0.25) is 0 Å². The van der Waals surface area contributed by atoms with Crippen LogP contribution < -0.4 is 16.8 Å². The molecule has 0 spiro atoms. The number of aromatic nitrogens is 3. The minimum absolute atomic E-state index is 0.363. The molecule has 0 aliphatic carbocycles. The molecule has 106 valence electrons. The van der Waals surface area contributed by atoms with Gasteiger partial charge in [-0.05, 0) is 36.4 Å². The SMILES string of the molecule is CCCNCc1cccnc1Sc1nc(N)cc(N)n1. The second kappa shape index (κ2) is 7.06. The Morgan fingerprint density at radius 1 is 1.25 bits per heavy atom. The zero-order valence-corrected chi connectivity index (χ0v) is 12.2. The van der Waals surface area contributed by atoms with E-state index in [1.54, 1.807) is 6.20 Å². The number of pyridine rings is 1. The number of anilines is 2. The molecular formula is C13H18N6S. The van der Waals surface area contributed by atoms with Crippen molar-refractivity contribution in [1.29, 1.82) is 0 Å². The van der Waals surface area contributed by atoms with Crippen molar-refractivity contribution in [3.05, 3.63) is 30.0 Å². The van der Waals surface area contributed by atoms with E-state index in [0.29, 0.717) is 16.8 Å². The highest BCUT2D eigenvalue weighted by Crippen LogP contribution is 2.26. The fourth-order valence-corrected chi connectivity index (χ4v) is 2.50. The van der Waals surface area contributed by atoms with Crippen LogP contribution >= 0.6 is 11.8 Å². The molecule has 2 aromatic rings. The molecule has 2 aromatic heterocycles. The van der Waals surface area contributed by atoms with E-state index in [-0.39, 0.29) is 0 Å². The van der Waals surface area contributed by atoms with E-state index in [9.17, 15) is 0 Å². The van der Waals surface area contributed by atoms with Gasteiger partial charge in [-0.15, -0.1) is 0 Å². The molecule has 0 radical (unpaired) electrons. The lowest BCUT2D eigenvalue weighted by Gasteiger charge is -2.08. The Kier molecular flexibility index (Phi) is 5.14. The Bertz CT molecular complexity index is 554. The molecule has 0 saturated heterocycles. The van der Waals surface area contributed by atoms with Crippen LogP contribution in [0.25, 0.3) is 0 Å². The van der Waals surface area contributed by atoms with E-state index in [0.717, 1.165) is 30.1 Å². The Balaban J connectivity index is 2.15. The summed E-state index contributed by atoms with van der Waals surface area (Å²) in [5.41, 5.74) is 12.5. The third-order valence-corrected chi connectivity index (χ3v) is 3.45. The highest BCUT2D eigenvalue weighted by molar-refractivity contribution is 7.99. The second-order valence-electron chi connectivity index (χ2n) is 4.25. The van der Waals surface area contributed by atoms with E-state index in [2.05, 4.69) is 27.2 Å². The van der Waals surface area contributed by atoms with Crippen LogP contribution in [0, 0.1) is 0 Å².